The van der Waals surface area contributed by atoms with Crippen molar-refractivity contribution in [3.05, 3.63) is 46.4 Å². The standard InChI is InChI=1S/C19H24N2O3/c1-12-8-13(2)18-14(10-20-16(18)9-12)4-6-21-7-5-17(22)15(11-21)19(23)24-3/h8-10,20,22H,4-7,11H2,1-3H3. The molecule has 0 radical (unpaired) electrons. The average molecular weight is 328 g/mol. The number of fused-ring (bicyclic) bond motifs is 1. The summed E-state index contributed by atoms with van der Waals surface area (Å²) in [5, 5.41) is 11.2. The minimum Gasteiger partial charge on any atom is -0.512 e. The van der Waals surface area contributed by atoms with Crippen LogP contribution in [0.1, 0.15) is 23.1 Å². The van der Waals surface area contributed by atoms with Crippen molar-refractivity contribution in [3.8, 4) is 0 Å². The second-order valence-electron chi connectivity index (χ2n) is 6.51. The van der Waals surface area contributed by atoms with Crippen LogP contribution in [0.4, 0.5) is 0 Å². The molecule has 1 aromatic carbocycles. The Morgan fingerprint density at radius 1 is 1.38 bits per heavy atom. The number of ether oxygens (including phenoxy) is 1. The number of methoxy groups -OCH3 is 1. The normalized spacial score (nSPS) is 16.0. The topological polar surface area (TPSA) is 65.6 Å². The van der Waals surface area contributed by atoms with Crippen molar-refractivity contribution in [1.29, 1.82) is 0 Å². The fraction of sp³-hybridized carbons (Fsp3) is 0.421. The van der Waals surface area contributed by atoms with Crippen LogP contribution in [0.15, 0.2) is 29.7 Å². The molecule has 2 aromatic rings. The van der Waals surface area contributed by atoms with Crippen LogP contribution in [0.3, 0.4) is 0 Å². The van der Waals surface area contributed by atoms with Crippen molar-refractivity contribution in [1.82, 2.24) is 9.88 Å². The Bertz CT molecular complexity index is 804. The van der Waals surface area contributed by atoms with Crippen LogP contribution in [0, 0.1) is 13.8 Å². The Kier molecular flexibility index (Phi) is 4.62. The Morgan fingerprint density at radius 2 is 2.17 bits per heavy atom. The third-order valence-corrected chi connectivity index (χ3v) is 4.73. The van der Waals surface area contributed by atoms with E-state index in [0.29, 0.717) is 18.5 Å². The summed E-state index contributed by atoms with van der Waals surface area (Å²) in [7, 11) is 1.35. The quantitative estimate of drug-likeness (QED) is 0.847. The number of aromatic amines is 1. The summed E-state index contributed by atoms with van der Waals surface area (Å²) in [6.07, 6.45) is 3.48. The number of rotatable bonds is 4. The van der Waals surface area contributed by atoms with Gasteiger partial charge in [0.05, 0.1) is 12.7 Å². The molecule has 1 aliphatic rings. The highest BCUT2D eigenvalue weighted by Crippen LogP contribution is 2.25. The fourth-order valence-corrected chi connectivity index (χ4v) is 3.53. The number of carbonyl (C=O) groups is 1. The monoisotopic (exact) mass is 328 g/mol. The Balaban J connectivity index is 1.72. The highest BCUT2D eigenvalue weighted by molar-refractivity contribution is 5.89. The molecule has 2 N–H and O–H groups in total. The van der Waals surface area contributed by atoms with Crippen molar-refractivity contribution in [2.24, 2.45) is 0 Å². The van der Waals surface area contributed by atoms with Gasteiger partial charge in [-0.1, -0.05) is 6.07 Å². The van der Waals surface area contributed by atoms with E-state index in [2.05, 4.69) is 42.1 Å². The Labute approximate surface area is 141 Å². The summed E-state index contributed by atoms with van der Waals surface area (Å²) in [6, 6.07) is 4.37. The number of hydrogen-bond donors (Lipinski definition) is 2. The van der Waals surface area contributed by atoms with Crippen LogP contribution < -0.4 is 0 Å². The molecule has 0 bridgehead atoms. The van der Waals surface area contributed by atoms with Gasteiger partial charge in [-0.05, 0) is 43.0 Å². The lowest BCUT2D eigenvalue weighted by atomic mass is 10.0. The summed E-state index contributed by atoms with van der Waals surface area (Å²) >= 11 is 0. The number of aromatic nitrogens is 1. The van der Waals surface area contributed by atoms with Crippen molar-refractivity contribution < 1.29 is 14.6 Å². The largest absolute Gasteiger partial charge is 0.512 e. The number of hydrogen-bond acceptors (Lipinski definition) is 4. The minimum absolute atomic E-state index is 0.163. The van der Waals surface area contributed by atoms with Crippen LogP contribution >= 0.6 is 0 Å². The molecular formula is C19H24N2O3. The van der Waals surface area contributed by atoms with Crippen LogP contribution in [0.5, 0.6) is 0 Å². The van der Waals surface area contributed by atoms with Crippen LogP contribution in [0.25, 0.3) is 10.9 Å². The van der Waals surface area contributed by atoms with E-state index in [1.807, 2.05) is 0 Å². The van der Waals surface area contributed by atoms with Crippen molar-refractivity contribution in [3.63, 3.8) is 0 Å². The van der Waals surface area contributed by atoms with Gasteiger partial charge in [0.15, 0.2) is 0 Å². The third kappa shape index (κ3) is 3.17. The van der Waals surface area contributed by atoms with E-state index in [1.165, 1.54) is 34.7 Å². The first-order valence-corrected chi connectivity index (χ1v) is 8.28. The summed E-state index contributed by atoms with van der Waals surface area (Å²) in [4.78, 5) is 17.3. The van der Waals surface area contributed by atoms with Gasteiger partial charge in [-0.25, -0.2) is 4.79 Å². The van der Waals surface area contributed by atoms with Crippen LogP contribution in [-0.2, 0) is 16.0 Å². The SMILES string of the molecule is COC(=O)C1=C(O)CCN(CCc2c[nH]c3cc(C)cc(C)c23)C1. The van der Waals surface area contributed by atoms with E-state index in [4.69, 9.17) is 4.74 Å². The first-order chi connectivity index (χ1) is 11.5. The van der Waals surface area contributed by atoms with Gasteiger partial charge in [-0.3, -0.25) is 4.90 Å². The number of benzene rings is 1. The lowest BCUT2D eigenvalue weighted by Crippen LogP contribution is -2.36. The molecule has 0 unspecified atom stereocenters. The second kappa shape index (κ2) is 6.69. The molecule has 0 saturated heterocycles. The average Bonchev–Trinajstić information content (AvgIpc) is 2.96. The number of aliphatic hydroxyl groups excluding tert-OH is 1. The summed E-state index contributed by atoms with van der Waals surface area (Å²) < 4.78 is 4.75. The molecule has 128 valence electrons. The van der Waals surface area contributed by atoms with Gasteiger partial charge in [0, 0.05) is 43.2 Å². The molecule has 0 aliphatic carbocycles. The molecule has 1 aliphatic heterocycles. The highest BCUT2D eigenvalue weighted by Gasteiger charge is 2.24. The first kappa shape index (κ1) is 16.6. The predicted molar refractivity (Wildman–Crippen MR) is 94.2 cm³/mol. The van der Waals surface area contributed by atoms with Gasteiger partial charge < -0.3 is 14.8 Å². The van der Waals surface area contributed by atoms with Gasteiger partial charge in [0.25, 0.3) is 0 Å². The lowest BCUT2D eigenvalue weighted by Gasteiger charge is -2.27. The maximum Gasteiger partial charge on any atom is 0.338 e. The smallest absolute Gasteiger partial charge is 0.338 e. The molecule has 0 saturated carbocycles. The minimum atomic E-state index is -0.435. The molecule has 1 aromatic heterocycles. The van der Waals surface area contributed by atoms with E-state index in [9.17, 15) is 9.90 Å². The molecule has 5 nitrogen and oxygen atoms in total. The highest BCUT2D eigenvalue weighted by atomic mass is 16.5. The number of H-pyrrole nitrogens is 1. The molecule has 2 heterocycles. The van der Waals surface area contributed by atoms with Gasteiger partial charge in [-0.15, -0.1) is 0 Å². The molecule has 0 spiro atoms. The van der Waals surface area contributed by atoms with E-state index in [1.54, 1.807) is 0 Å². The molecule has 0 amide bonds. The number of esters is 1. The van der Waals surface area contributed by atoms with Crippen molar-refractivity contribution >= 4 is 16.9 Å². The zero-order valence-electron chi connectivity index (χ0n) is 14.5. The zero-order valence-corrected chi connectivity index (χ0v) is 14.5. The fourth-order valence-electron chi connectivity index (χ4n) is 3.53. The first-order valence-electron chi connectivity index (χ1n) is 8.28. The van der Waals surface area contributed by atoms with Gasteiger partial charge >= 0.3 is 5.97 Å². The number of nitrogens with one attached hydrogen (secondary N) is 1. The summed E-state index contributed by atoms with van der Waals surface area (Å²) in [6.45, 7) is 6.29. The predicted octanol–water partition coefficient (Wildman–Crippen LogP) is 3.02. The third-order valence-electron chi connectivity index (χ3n) is 4.73. The summed E-state index contributed by atoms with van der Waals surface area (Å²) in [5.74, 6) is -0.271. The van der Waals surface area contributed by atoms with Crippen LogP contribution in [0.2, 0.25) is 0 Å². The number of carbonyl (C=O) groups excluding carboxylic acids is 1. The van der Waals surface area contributed by atoms with Crippen molar-refractivity contribution in [2.75, 3.05) is 26.7 Å². The molecule has 5 heteroatoms. The van der Waals surface area contributed by atoms with E-state index in [-0.39, 0.29) is 5.76 Å². The van der Waals surface area contributed by atoms with Crippen molar-refractivity contribution in [2.45, 2.75) is 26.7 Å². The zero-order chi connectivity index (χ0) is 17.3. The lowest BCUT2D eigenvalue weighted by molar-refractivity contribution is -0.136. The van der Waals surface area contributed by atoms with Crippen LogP contribution in [-0.4, -0.2) is 47.7 Å². The van der Waals surface area contributed by atoms with E-state index >= 15 is 0 Å². The molecule has 0 atom stereocenters. The molecule has 0 fully saturated rings. The Morgan fingerprint density at radius 3 is 2.92 bits per heavy atom. The Hall–Kier alpha value is -2.27. The maximum atomic E-state index is 11.7. The van der Waals surface area contributed by atoms with Gasteiger partial charge in [0.1, 0.15) is 5.76 Å². The number of aliphatic hydroxyl groups is 1. The van der Waals surface area contributed by atoms with E-state index in [0.717, 1.165) is 19.5 Å². The second-order valence-corrected chi connectivity index (χ2v) is 6.51. The molecule has 3 rings (SSSR count). The van der Waals surface area contributed by atoms with Gasteiger partial charge in [0.2, 0.25) is 0 Å². The molecular weight excluding hydrogens is 304 g/mol. The molecule has 24 heavy (non-hydrogen) atoms. The number of nitrogens with zero attached hydrogens (tertiary/aromatic N) is 1. The van der Waals surface area contributed by atoms with E-state index < -0.39 is 5.97 Å². The number of aryl methyl sites for hydroxylation is 2. The summed E-state index contributed by atoms with van der Waals surface area (Å²) in [5.41, 5.74) is 5.39. The maximum absolute atomic E-state index is 11.7. The van der Waals surface area contributed by atoms with Gasteiger partial charge in [-0.2, -0.15) is 0 Å².